The summed E-state index contributed by atoms with van der Waals surface area (Å²) in [6.45, 7) is 4.74. The van der Waals surface area contributed by atoms with E-state index in [4.69, 9.17) is 4.52 Å². The molecule has 0 saturated carbocycles. The van der Waals surface area contributed by atoms with Crippen molar-refractivity contribution in [2.24, 2.45) is 0 Å². The molecule has 0 saturated heterocycles. The molecule has 2 heterocycles. The quantitative estimate of drug-likeness (QED) is 0.742. The average Bonchev–Trinajstić information content (AvgIpc) is 3.02. The van der Waals surface area contributed by atoms with Gasteiger partial charge in [-0.25, -0.2) is 4.98 Å². The number of para-hydroxylation sites is 2. The van der Waals surface area contributed by atoms with Gasteiger partial charge in [0, 0.05) is 6.04 Å². The Labute approximate surface area is 116 Å². The first-order chi connectivity index (χ1) is 9.70. The van der Waals surface area contributed by atoms with Crippen molar-refractivity contribution in [3.05, 3.63) is 41.8 Å². The van der Waals surface area contributed by atoms with Crippen molar-refractivity contribution >= 4 is 11.0 Å². The molecule has 0 aliphatic rings. The highest BCUT2D eigenvalue weighted by atomic mass is 16.5. The normalized spacial score (nSPS) is 11.6. The summed E-state index contributed by atoms with van der Waals surface area (Å²) in [6, 6.07) is 8.32. The first-order valence-electron chi connectivity index (χ1n) is 6.69. The lowest BCUT2D eigenvalue weighted by Crippen LogP contribution is -2.21. The summed E-state index contributed by atoms with van der Waals surface area (Å²) in [4.78, 5) is 12.1. The van der Waals surface area contributed by atoms with Gasteiger partial charge in [-0.05, 0) is 12.1 Å². The number of nitrogens with one attached hydrogen (secondary N) is 2. The van der Waals surface area contributed by atoms with Crippen LogP contribution < -0.4 is 5.32 Å². The van der Waals surface area contributed by atoms with Gasteiger partial charge < -0.3 is 14.8 Å². The molecule has 0 atom stereocenters. The Bertz CT molecular complexity index is 667. The smallest absolute Gasteiger partial charge is 0.240 e. The molecular weight excluding hydrogens is 254 g/mol. The SMILES string of the molecule is CC(C)NCc1nc(Cc2nc3ccccc3[nH]2)no1. The van der Waals surface area contributed by atoms with E-state index in [1.807, 2.05) is 24.3 Å². The van der Waals surface area contributed by atoms with Crippen LogP contribution >= 0.6 is 0 Å². The summed E-state index contributed by atoms with van der Waals surface area (Å²) in [6.07, 6.45) is 0.542. The number of aromatic amines is 1. The molecule has 6 heteroatoms. The third kappa shape index (κ3) is 2.85. The highest BCUT2D eigenvalue weighted by Crippen LogP contribution is 2.12. The van der Waals surface area contributed by atoms with E-state index in [0.717, 1.165) is 16.9 Å². The number of fused-ring (bicyclic) bond motifs is 1. The van der Waals surface area contributed by atoms with Crippen molar-refractivity contribution < 1.29 is 4.52 Å². The molecule has 104 valence electrons. The van der Waals surface area contributed by atoms with Crippen LogP contribution in [0, 0.1) is 0 Å². The second-order valence-corrected chi connectivity index (χ2v) is 5.02. The molecule has 0 radical (unpaired) electrons. The number of hydrogen-bond acceptors (Lipinski definition) is 5. The van der Waals surface area contributed by atoms with Crippen LogP contribution in [-0.2, 0) is 13.0 Å². The Morgan fingerprint density at radius 3 is 2.90 bits per heavy atom. The molecule has 0 unspecified atom stereocenters. The Morgan fingerprint density at radius 2 is 2.10 bits per heavy atom. The van der Waals surface area contributed by atoms with E-state index in [2.05, 4.69) is 39.3 Å². The molecular formula is C14H17N5O. The predicted octanol–water partition coefficient (Wildman–Crippen LogP) is 2.03. The molecule has 0 fully saturated rings. The van der Waals surface area contributed by atoms with Crippen molar-refractivity contribution in [2.45, 2.75) is 32.9 Å². The Kier molecular flexibility index (Phi) is 3.47. The summed E-state index contributed by atoms with van der Waals surface area (Å²) in [5.74, 6) is 2.09. The molecule has 3 aromatic rings. The van der Waals surface area contributed by atoms with Gasteiger partial charge in [0.05, 0.1) is 24.0 Å². The molecule has 0 spiro atoms. The van der Waals surface area contributed by atoms with Crippen molar-refractivity contribution in [3.63, 3.8) is 0 Å². The van der Waals surface area contributed by atoms with E-state index >= 15 is 0 Å². The van der Waals surface area contributed by atoms with E-state index in [-0.39, 0.29) is 0 Å². The van der Waals surface area contributed by atoms with Crippen molar-refractivity contribution in [1.29, 1.82) is 0 Å². The van der Waals surface area contributed by atoms with Crippen LogP contribution in [0.4, 0.5) is 0 Å². The summed E-state index contributed by atoms with van der Waals surface area (Å²) in [5.41, 5.74) is 1.97. The van der Waals surface area contributed by atoms with E-state index in [0.29, 0.717) is 30.7 Å². The minimum atomic E-state index is 0.390. The molecule has 6 nitrogen and oxygen atoms in total. The van der Waals surface area contributed by atoms with Gasteiger partial charge in [-0.3, -0.25) is 0 Å². The molecule has 20 heavy (non-hydrogen) atoms. The lowest BCUT2D eigenvalue weighted by Gasteiger charge is -2.02. The molecule has 0 bridgehead atoms. The maximum absolute atomic E-state index is 5.20. The standard InChI is InChI=1S/C14H17N5O/c1-9(2)15-8-14-18-13(19-20-14)7-12-16-10-5-3-4-6-11(10)17-12/h3-6,9,15H,7-8H2,1-2H3,(H,16,17). The number of imidazole rings is 1. The molecule has 2 aromatic heterocycles. The molecule has 0 amide bonds. The fraction of sp³-hybridized carbons (Fsp3) is 0.357. The van der Waals surface area contributed by atoms with E-state index < -0.39 is 0 Å². The number of H-pyrrole nitrogens is 1. The first-order valence-corrected chi connectivity index (χ1v) is 6.69. The number of aromatic nitrogens is 4. The summed E-state index contributed by atoms with van der Waals surface area (Å²) < 4.78 is 5.20. The predicted molar refractivity (Wildman–Crippen MR) is 75.2 cm³/mol. The van der Waals surface area contributed by atoms with Crippen LogP contribution in [0.2, 0.25) is 0 Å². The zero-order chi connectivity index (χ0) is 13.9. The Hall–Kier alpha value is -2.21. The van der Waals surface area contributed by atoms with Gasteiger partial charge in [0.25, 0.3) is 0 Å². The van der Waals surface area contributed by atoms with Gasteiger partial charge in [-0.2, -0.15) is 4.98 Å². The number of nitrogens with zero attached hydrogens (tertiary/aromatic N) is 3. The van der Waals surface area contributed by atoms with Crippen LogP contribution in [0.3, 0.4) is 0 Å². The topological polar surface area (TPSA) is 79.6 Å². The van der Waals surface area contributed by atoms with Gasteiger partial charge in [-0.15, -0.1) is 0 Å². The minimum Gasteiger partial charge on any atom is -0.342 e. The third-order valence-corrected chi connectivity index (χ3v) is 2.94. The fourth-order valence-corrected chi connectivity index (χ4v) is 1.96. The molecule has 3 rings (SSSR count). The molecule has 1 aromatic carbocycles. The molecule has 0 aliphatic heterocycles. The Morgan fingerprint density at radius 1 is 1.25 bits per heavy atom. The summed E-state index contributed by atoms with van der Waals surface area (Å²) >= 11 is 0. The second kappa shape index (κ2) is 5.42. The van der Waals surface area contributed by atoms with Gasteiger partial charge in [-0.1, -0.05) is 31.1 Å². The van der Waals surface area contributed by atoms with Gasteiger partial charge in [0.2, 0.25) is 5.89 Å². The van der Waals surface area contributed by atoms with Crippen molar-refractivity contribution in [3.8, 4) is 0 Å². The molecule has 2 N–H and O–H groups in total. The number of benzene rings is 1. The van der Waals surface area contributed by atoms with Crippen molar-refractivity contribution in [1.82, 2.24) is 25.4 Å². The maximum Gasteiger partial charge on any atom is 0.240 e. The fourth-order valence-electron chi connectivity index (χ4n) is 1.96. The van der Waals surface area contributed by atoms with E-state index in [1.54, 1.807) is 0 Å². The lowest BCUT2D eigenvalue weighted by molar-refractivity contribution is 0.358. The van der Waals surface area contributed by atoms with Gasteiger partial charge in [0.15, 0.2) is 5.82 Å². The second-order valence-electron chi connectivity index (χ2n) is 5.02. The number of rotatable bonds is 5. The lowest BCUT2D eigenvalue weighted by atomic mass is 10.3. The van der Waals surface area contributed by atoms with Crippen LogP contribution in [0.25, 0.3) is 11.0 Å². The summed E-state index contributed by atoms with van der Waals surface area (Å²) in [7, 11) is 0. The Balaban J connectivity index is 1.71. The van der Waals surface area contributed by atoms with Crippen molar-refractivity contribution in [2.75, 3.05) is 0 Å². The monoisotopic (exact) mass is 271 g/mol. The largest absolute Gasteiger partial charge is 0.342 e. The maximum atomic E-state index is 5.20. The highest BCUT2D eigenvalue weighted by Gasteiger charge is 2.10. The molecule has 0 aliphatic carbocycles. The zero-order valence-electron chi connectivity index (χ0n) is 11.6. The van der Waals surface area contributed by atoms with E-state index in [1.165, 1.54) is 0 Å². The van der Waals surface area contributed by atoms with Crippen LogP contribution in [0.5, 0.6) is 0 Å². The zero-order valence-corrected chi connectivity index (χ0v) is 11.6. The highest BCUT2D eigenvalue weighted by molar-refractivity contribution is 5.74. The van der Waals surface area contributed by atoms with Crippen LogP contribution in [-0.4, -0.2) is 26.2 Å². The van der Waals surface area contributed by atoms with Gasteiger partial charge in [0.1, 0.15) is 5.82 Å². The van der Waals surface area contributed by atoms with E-state index in [9.17, 15) is 0 Å². The van der Waals surface area contributed by atoms with Gasteiger partial charge >= 0.3 is 0 Å². The summed E-state index contributed by atoms with van der Waals surface area (Å²) in [5, 5.41) is 7.21. The number of hydrogen-bond donors (Lipinski definition) is 2. The van der Waals surface area contributed by atoms with Crippen LogP contribution in [0.1, 0.15) is 31.4 Å². The minimum absolute atomic E-state index is 0.390. The first kappa shape index (κ1) is 12.8. The third-order valence-electron chi connectivity index (χ3n) is 2.94. The van der Waals surface area contributed by atoms with Crippen LogP contribution in [0.15, 0.2) is 28.8 Å². The average molecular weight is 271 g/mol.